The molecule has 1 atom stereocenters. The molecule has 1 unspecified atom stereocenters. The summed E-state index contributed by atoms with van der Waals surface area (Å²) < 4.78 is 5.60. The van der Waals surface area contributed by atoms with Crippen LogP contribution in [0.3, 0.4) is 0 Å². The van der Waals surface area contributed by atoms with Crippen molar-refractivity contribution >= 4 is 11.9 Å². The highest BCUT2D eigenvalue weighted by atomic mass is 16.5. The molecule has 1 aromatic rings. The number of carbonyl (C=O) groups is 2. The molecular formula is C7H10N4O3. The molecule has 0 saturated carbocycles. The number of esters is 1. The first-order chi connectivity index (χ1) is 6.56. The van der Waals surface area contributed by atoms with Crippen molar-refractivity contribution in [2.24, 2.45) is 5.73 Å². The van der Waals surface area contributed by atoms with E-state index in [0.29, 0.717) is 0 Å². The SMILES string of the molecule is COC(=O)c1ncn(C(C)C(N)=O)n1. The second kappa shape index (κ2) is 3.86. The minimum Gasteiger partial charge on any atom is -0.463 e. The van der Waals surface area contributed by atoms with E-state index in [9.17, 15) is 9.59 Å². The molecule has 0 bridgehead atoms. The van der Waals surface area contributed by atoms with Crippen molar-refractivity contribution in [2.75, 3.05) is 7.11 Å². The summed E-state index contributed by atoms with van der Waals surface area (Å²) in [7, 11) is 1.22. The molecule has 0 spiro atoms. The summed E-state index contributed by atoms with van der Waals surface area (Å²) in [5.74, 6) is -1.30. The van der Waals surface area contributed by atoms with Gasteiger partial charge in [-0.3, -0.25) is 4.79 Å². The molecule has 0 aromatic carbocycles. The maximum atomic E-state index is 10.9. The van der Waals surface area contributed by atoms with Crippen LogP contribution in [-0.2, 0) is 9.53 Å². The highest BCUT2D eigenvalue weighted by Crippen LogP contribution is 2.02. The molecule has 2 N–H and O–H groups in total. The molecule has 1 amide bonds. The van der Waals surface area contributed by atoms with Crippen LogP contribution in [-0.4, -0.2) is 33.8 Å². The second-order valence-corrected chi connectivity index (χ2v) is 2.62. The van der Waals surface area contributed by atoms with Crippen molar-refractivity contribution in [1.82, 2.24) is 14.8 Å². The molecule has 1 heterocycles. The third kappa shape index (κ3) is 1.87. The zero-order valence-electron chi connectivity index (χ0n) is 7.80. The van der Waals surface area contributed by atoms with Crippen LogP contribution in [0.5, 0.6) is 0 Å². The van der Waals surface area contributed by atoms with Crippen LogP contribution in [0.2, 0.25) is 0 Å². The van der Waals surface area contributed by atoms with Crippen molar-refractivity contribution < 1.29 is 14.3 Å². The zero-order valence-corrected chi connectivity index (χ0v) is 7.80. The van der Waals surface area contributed by atoms with Crippen molar-refractivity contribution in [3.05, 3.63) is 12.2 Å². The molecular weight excluding hydrogens is 188 g/mol. The summed E-state index contributed by atoms with van der Waals surface area (Å²) in [6, 6.07) is -0.638. The van der Waals surface area contributed by atoms with Gasteiger partial charge in [0.25, 0.3) is 5.82 Å². The van der Waals surface area contributed by atoms with Gasteiger partial charge in [-0.1, -0.05) is 0 Å². The Balaban J connectivity index is 2.88. The van der Waals surface area contributed by atoms with Crippen LogP contribution in [0.15, 0.2) is 6.33 Å². The molecule has 0 aliphatic rings. The van der Waals surface area contributed by atoms with E-state index < -0.39 is 17.9 Å². The highest BCUT2D eigenvalue weighted by molar-refractivity contribution is 5.84. The van der Waals surface area contributed by atoms with Crippen LogP contribution in [0.25, 0.3) is 0 Å². The van der Waals surface area contributed by atoms with Crippen molar-refractivity contribution in [2.45, 2.75) is 13.0 Å². The molecule has 0 saturated heterocycles. The number of methoxy groups -OCH3 is 1. The molecule has 14 heavy (non-hydrogen) atoms. The molecule has 7 heteroatoms. The average Bonchev–Trinajstić information content (AvgIpc) is 2.64. The Morgan fingerprint density at radius 1 is 1.64 bits per heavy atom. The van der Waals surface area contributed by atoms with Gasteiger partial charge in [-0.2, -0.15) is 0 Å². The van der Waals surface area contributed by atoms with Crippen molar-refractivity contribution in [3.8, 4) is 0 Å². The predicted octanol–water partition coefficient (Wildman–Crippen LogP) is -0.889. The van der Waals surface area contributed by atoms with Crippen molar-refractivity contribution in [3.63, 3.8) is 0 Å². The van der Waals surface area contributed by atoms with Gasteiger partial charge in [0.1, 0.15) is 12.4 Å². The molecule has 0 aliphatic heterocycles. The van der Waals surface area contributed by atoms with Crippen LogP contribution in [0, 0.1) is 0 Å². The Labute approximate surface area is 79.9 Å². The minimum atomic E-state index is -0.652. The largest absolute Gasteiger partial charge is 0.463 e. The van der Waals surface area contributed by atoms with Gasteiger partial charge in [-0.05, 0) is 6.92 Å². The van der Waals surface area contributed by atoms with Crippen molar-refractivity contribution in [1.29, 1.82) is 0 Å². The second-order valence-electron chi connectivity index (χ2n) is 2.62. The molecule has 0 radical (unpaired) electrons. The number of rotatable bonds is 3. The lowest BCUT2D eigenvalue weighted by molar-refractivity contribution is -0.120. The minimum absolute atomic E-state index is 0.0967. The van der Waals surface area contributed by atoms with E-state index >= 15 is 0 Å². The lowest BCUT2D eigenvalue weighted by atomic mass is 10.3. The highest BCUT2D eigenvalue weighted by Gasteiger charge is 2.16. The third-order valence-electron chi connectivity index (χ3n) is 1.69. The molecule has 76 valence electrons. The normalized spacial score (nSPS) is 12.1. The molecule has 7 nitrogen and oxygen atoms in total. The summed E-state index contributed by atoms with van der Waals surface area (Å²) in [6.45, 7) is 1.55. The summed E-state index contributed by atoms with van der Waals surface area (Å²) >= 11 is 0. The Kier molecular flexibility index (Phi) is 2.80. The van der Waals surface area contributed by atoms with Gasteiger partial charge in [0, 0.05) is 0 Å². The van der Waals surface area contributed by atoms with E-state index in [1.807, 2.05) is 0 Å². The number of carbonyl (C=O) groups excluding carboxylic acids is 2. The third-order valence-corrected chi connectivity index (χ3v) is 1.69. The van der Waals surface area contributed by atoms with Gasteiger partial charge >= 0.3 is 5.97 Å². The molecule has 1 aromatic heterocycles. The Bertz CT molecular complexity index is 360. The molecule has 0 fully saturated rings. The number of ether oxygens (including phenoxy) is 1. The summed E-state index contributed by atoms with van der Waals surface area (Å²) in [5, 5.41) is 3.73. The van der Waals surface area contributed by atoms with Gasteiger partial charge in [0.15, 0.2) is 0 Å². The number of amides is 1. The summed E-state index contributed by atoms with van der Waals surface area (Å²) in [6.07, 6.45) is 1.25. The number of hydrogen-bond acceptors (Lipinski definition) is 5. The van der Waals surface area contributed by atoms with Gasteiger partial charge in [-0.15, -0.1) is 5.10 Å². The van der Waals surface area contributed by atoms with E-state index in [4.69, 9.17) is 5.73 Å². The lowest BCUT2D eigenvalue weighted by Gasteiger charge is -2.04. The van der Waals surface area contributed by atoms with E-state index in [1.54, 1.807) is 6.92 Å². The smallest absolute Gasteiger partial charge is 0.377 e. The first kappa shape index (κ1) is 10.2. The van der Waals surface area contributed by atoms with Crippen LogP contribution >= 0.6 is 0 Å². The van der Waals surface area contributed by atoms with Gasteiger partial charge in [0.2, 0.25) is 5.91 Å². The fourth-order valence-electron chi connectivity index (χ4n) is 0.777. The number of nitrogens with zero attached hydrogens (tertiary/aromatic N) is 3. The zero-order chi connectivity index (χ0) is 10.7. The summed E-state index contributed by atoms with van der Waals surface area (Å²) in [5.41, 5.74) is 5.04. The Morgan fingerprint density at radius 3 is 2.79 bits per heavy atom. The lowest BCUT2D eigenvalue weighted by Crippen LogP contribution is -2.24. The standard InChI is InChI=1S/C7H10N4O3/c1-4(5(8)12)11-3-9-6(10-11)7(13)14-2/h3-4H,1-2H3,(H2,8,12). The maximum Gasteiger partial charge on any atom is 0.377 e. The Hall–Kier alpha value is -1.92. The monoisotopic (exact) mass is 198 g/mol. The molecule has 0 aliphatic carbocycles. The van der Waals surface area contributed by atoms with E-state index in [0.717, 1.165) is 0 Å². The quantitative estimate of drug-likeness (QED) is 0.635. The number of aromatic nitrogens is 3. The van der Waals surface area contributed by atoms with Gasteiger partial charge < -0.3 is 10.5 Å². The predicted molar refractivity (Wildman–Crippen MR) is 45.3 cm³/mol. The van der Waals surface area contributed by atoms with E-state index in [1.165, 1.54) is 18.1 Å². The van der Waals surface area contributed by atoms with Gasteiger partial charge in [-0.25, -0.2) is 14.5 Å². The van der Waals surface area contributed by atoms with E-state index in [-0.39, 0.29) is 5.82 Å². The fourth-order valence-corrected chi connectivity index (χ4v) is 0.777. The van der Waals surface area contributed by atoms with Crippen LogP contribution in [0.1, 0.15) is 23.6 Å². The van der Waals surface area contributed by atoms with Crippen LogP contribution in [0.4, 0.5) is 0 Å². The topological polar surface area (TPSA) is 100 Å². The first-order valence-electron chi connectivity index (χ1n) is 3.85. The Morgan fingerprint density at radius 2 is 2.29 bits per heavy atom. The van der Waals surface area contributed by atoms with Gasteiger partial charge in [0.05, 0.1) is 7.11 Å². The number of primary amides is 1. The average molecular weight is 198 g/mol. The molecule has 1 rings (SSSR count). The first-order valence-corrected chi connectivity index (χ1v) is 3.85. The number of hydrogen-bond donors (Lipinski definition) is 1. The number of nitrogens with two attached hydrogens (primary N) is 1. The fraction of sp³-hybridized carbons (Fsp3) is 0.429. The van der Waals surface area contributed by atoms with E-state index in [2.05, 4.69) is 14.8 Å². The summed E-state index contributed by atoms with van der Waals surface area (Å²) in [4.78, 5) is 25.4. The maximum absolute atomic E-state index is 10.9. The van der Waals surface area contributed by atoms with Crippen LogP contribution < -0.4 is 5.73 Å².